The molecule has 0 aliphatic heterocycles. The average molecular weight is 677 g/mol. The third-order valence-corrected chi connectivity index (χ3v) is 10.3. The number of hydrogen-bond acceptors (Lipinski definition) is 0. The number of halogens is 5. The molecule has 0 saturated carbocycles. The summed E-state index contributed by atoms with van der Waals surface area (Å²) in [5.74, 6) is -5.10. The zero-order valence-corrected chi connectivity index (χ0v) is 27.9. The molecule has 0 spiro atoms. The smallest absolute Gasteiger partial charge is 0.194 e. The number of benzene rings is 9. The largest absolute Gasteiger partial charge is 0.207 e. The summed E-state index contributed by atoms with van der Waals surface area (Å²) >= 11 is 0. The van der Waals surface area contributed by atoms with Crippen molar-refractivity contribution in [3.8, 4) is 33.4 Å². The maximum atomic E-state index is 16.2. The van der Waals surface area contributed by atoms with Gasteiger partial charge >= 0.3 is 0 Å². The first-order chi connectivity index (χ1) is 24.5. The molecule has 0 fully saturated rings. The first-order valence-electron chi connectivity index (χ1n) is 16.8. The van der Waals surface area contributed by atoms with Gasteiger partial charge in [0.1, 0.15) is 11.6 Å². The van der Waals surface area contributed by atoms with Gasteiger partial charge in [0.15, 0.2) is 17.5 Å². The zero-order valence-electron chi connectivity index (χ0n) is 27.9. The first kappa shape index (κ1) is 31.2. The Hall–Kier alpha value is -5.81. The second kappa shape index (κ2) is 11.1. The van der Waals surface area contributed by atoms with E-state index in [1.165, 1.54) is 17.7 Å². The van der Waals surface area contributed by atoms with Crippen LogP contribution in [0.3, 0.4) is 0 Å². The Morgan fingerprint density at radius 2 is 1.02 bits per heavy atom. The lowest BCUT2D eigenvalue weighted by atomic mass is 9.82. The number of fused-ring (bicyclic) bond motifs is 2. The van der Waals surface area contributed by atoms with Gasteiger partial charge in [-0.05, 0) is 118 Å². The summed E-state index contributed by atoms with van der Waals surface area (Å²) in [6.07, 6.45) is 0. The molecule has 0 amide bonds. The van der Waals surface area contributed by atoms with Crippen molar-refractivity contribution < 1.29 is 22.0 Å². The van der Waals surface area contributed by atoms with Crippen LogP contribution in [0.15, 0.2) is 121 Å². The SMILES string of the molecule is CC(C)(C)c1ccc(-c2ccc3ccc4c(-c5c6ccccc6c(-c6cc(F)c(F)c(F)c6)c6cc(F)ccc56)ccc5c(F)cc2c3c54)cc1. The highest BCUT2D eigenvalue weighted by atomic mass is 19.2. The molecule has 0 unspecified atom stereocenters. The fourth-order valence-electron chi connectivity index (χ4n) is 7.91. The molecule has 0 radical (unpaired) electrons. The highest BCUT2D eigenvalue weighted by molar-refractivity contribution is 6.30. The molecule has 0 saturated heterocycles. The second-order valence-electron chi connectivity index (χ2n) is 14.3. The molecule has 0 nitrogen and oxygen atoms in total. The van der Waals surface area contributed by atoms with Gasteiger partial charge in [-0.25, -0.2) is 22.0 Å². The van der Waals surface area contributed by atoms with Gasteiger partial charge < -0.3 is 0 Å². The Morgan fingerprint density at radius 3 is 1.73 bits per heavy atom. The van der Waals surface area contributed by atoms with Crippen molar-refractivity contribution in [3.63, 3.8) is 0 Å². The van der Waals surface area contributed by atoms with Gasteiger partial charge in [0.05, 0.1) is 0 Å². The van der Waals surface area contributed by atoms with Crippen LogP contribution in [0, 0.1) is 29.1 Å². The summed E-state index contributed by atoms with van der Waals surface area (Å²) in [6, 6.07) is 35.5. The lowest BCUT2D eigenvalue weighted by Gasteiger charge is -2.21. The molecular weight excluding hydrogens is 647 g/mol. The number of rotatable bonds is 3. The molecule has 0 aliphatic carbocycles. The standard InChI is InChI=1S/C46H29F5/c1-46(2,3)27-12-8-24(9-13-27)29-15-10-25-11-16-33-32(18-19-35-38(48)23-37(29)42(25)44(33)35)43-31-7-5-4-6-30(31)41(36-22-28(47)14-17-34(36)43)26-20-39(49)45(51)40(50)21-26/h4-23H,1-3H3. The van der Waals surface area contributed by atoms with Crippen molar-refractivity contribution in [3.05, 3.63) is 156 Å². The van der Waals surface area contributed by atoms with Crippen LogP contribution < -0.4 is 0 Å². The van der Waals surface area contributed by atoms with Crippen LogP contribution in [0.2, 0.25) is 0 Å². The van der Waals surface area contributed by atoms with Crippen LogP contribution in [0.5, 0.6) is 0 Å². The summed E-state index contributed by atoms with van der Waals surface area (Å²) in [5, 5.41) is 7.18. The van der Waals surface area contributed by atoms with E-state index in [1.54, 1.807) is 24.3 Å². The van der Waals surface area contributed by atoms with Gasteiger partial charge in [0, 0.05) is 10.8 Å². The van der Waals surface area contributed by atoms with E-state index in [2.05, 4.69) is 51.1 Å². The predicted octanol–water partition coefficient (Wildman–Crippen LogP) is 13.9. The van der Waals surface area contributed by atoms with Crippen molar-refractivity contribution in [2.75, 3.05) is 0 Å². The third kappa shape index (κ3) is 4.71. The monoisotopic (exact) mass is 676 g/mol. The molecule has 5 heteroatoms. The van der Waals surface area contributed by atoms with E-state index >= 15 is 8.78 Å². The molecule has 0 N–H and O–H groups in total. The zero-order chi connectivity index (χ0) is 35.3. The lowest BCUT2D eigenvalue weighted by molar-refractivity contribution is 0.448. The Labute approximate surface area is 290 Å². The predicted molar refractivity (Wildman–Crippen MR) is 200 cm³/mol. The Balaban J connectivity index is 1.38. The van der Waals surface area contributed by atoms with Crippen LogP contribution in [0.4, 0.5) is 22.0 Å². The van der Waals surface area contributed by atoms with Crippen LogP contribution in [0.1, 0.15) is 26.3 Å². The van der Waals surface area contributed by atoms with Crippen LogP contribution in [0.25, 0.3) is 87.2 Å². The topological polar surface area (TPSA) is 0 Å². The summed E-state index contributed by atoms with van der Waals surface area (Å²) < 4.78 is 74.7. The molecule has 0 bridgehead atoms. The molecule has 0 atom stereocenters. The van der Waals surface area contributed by atoms with E-state index in [0.717, 1.165) is 66.7 Å². The molecule has 248 valence electrons. The van der Waals surface area contributed by atoms with Gasteiger partial charge in [-0.1, -0.05) is 112 Å². The first-order valence-corrected chi connectivity index (χ1v) is 16.8. The van der Waals surface area contributed by atoms with Crippen molar-refractivity contribution in [1.82, 2.24) is 0 Å². The van der Waals surface area contributed by atoms with Gasteiger partial charge in [0.25, 0.3) is 0 Å². The van der Waals surface area contributed by atoms with E-state index in [-0.39, 0.29) is 16.8 Å². The van der Waals surface area contributed by atoms with E-state index in [9.17, 15) is 13.2 Å². The third-order valence-electron chi connectivity index (χ3n) is 10.3. The Morgan fingerprint density at radius 1 is 0.412 bits per heavy atom. The van der Waals surface area contributed by atoms with E-state index in [0.29, 0.717) is 27.1 Å². The minimum absolute atomic E-state index is 0.00654. The van der Waals surface area contributed by atoms with Gasteiger partial charge in [0.2, 0.25) is 0 Å². The quantitative estimate of drug-likeness (QED) is 0.0756. The highest BCUT2D eigenvalue weighted by Gasteiger charge is 2.23. The summed E-state index contributed by atoms with van der Waals surface area (Å²) in [4.78, 5) is 0. The lowest BCUT2D eigenvalue weighted by Crippen LogP contribution is -2.10. The second-order valence-corrected chi connectivity index (χ2v) is 14.3. The van der Waals surface area contributed by atoms with Gasteiger partial charge in [-0.2, -0.15) is 0 Å². The summed E-state index contributed by atoms with van der Waals surface area (Å²) in [5.41, 5.74) is 5.15. The number of hydrogen-bond donors (Lipinski definition) is 0. The van der Waals surface area contributed by atoms with Crippen molar-refractivity contribution in [2.45, 2.75) is 26.2 Å². The minimum atomic E-state index is -1.57. The Kier molecular flexibility index (Phi) is 6.79. The van der Waals surface area contributed by atoms with Gasteiger partial charge in [-0.15, -0.1) is 0 Å². The van der Waals surface area contributed by atoms with Gasteiger partial charge in [-0.3, -0.25) is 0 Å². The summed E-state index contributed by atoms with van der Waals surface area (Å²) in [7, 11) is 0. The van der Waals surface area contributed by atoms with Crippen molar-refractivity contribution >= 4 is 53.9 Å². The molecule has 0 heterocycles. The van der Waals surface area contributed by atoms with Crippen molar-refractivity contribution in [2.24, 2.45) is 0 Å². The van der Waals surface area contributed by atoms with E-state index < -0.39 is 23.3 Å². The molecular formula is C46H29F5. The minimum Gasteiger partial charge on any atom is -0.207 e. The fourth-order valence-corrected chi connectivity index (χ4v) is 7.91. The van der Waals surface area contributed by atoms with Crippen LogP contribution in [-0.2, 0) is 5.41 Å². The maximum absolute atomic E-state index is 16.2. The van der Waals surface area contributed by atoms with Crippen LogP contribution >= 0.6 is 0 Å². The molecule has 9 rings (SSSR count). The van der Waals surface area contributed by atoms with E-state index in [1.807, 2.05) is 42.5 Å². The average Bonchev–Trinajstić information content (AvgIpc) is 3.11. The van der Waals surface area contributed by atoms with E-state index in [4.69, 9.17) is 0 Å². The summed E-state index contributed by atoms with van der Waals surface area (Å²) in [6.45, 7) is 6.51. The molecule has 0 aromatic heterocycles. The maximum Gasteiger partial charge on any atom is 0.194 e. The van der Waals surface area contributed by atoms with Crippen molar-refractivity contribution in [1.29, 1.82) is 0 Å². The molecule has 0 aliphatic rings. The van der Waals surface area contributed by atoms with Crippen LogP contribution in [-0.4, -0.2) is 0 Å². The fraction of sp³-hybridized carbons (Fsp3) is 0.0870. The Bertz CT molecular complexity index is 2860. The molecule has 9 aromatic carbocycles. The normalized spacial score (nSPS) is 12.3. The molecule has 9 aromatic rings. The molecule has 51 heavy (non-hydrogen) atoms. The highest BCUT2D eigenvalue weighted by Crippen LogP contribution is 2.49.